The lowest BCUT2D eigenvalue weighted by atomic mass is 9.35. The van der Waals surface area contributed by atoms with Gasteiger partial charge >= 0.3 is 0 Å². The molecule has 0 radical (unpaired) electrons. The minimum atomic E-state index is 0.0603. The van der Waals surface area contributed by atoms with E-state index in [1.165, 1.54) is 33.4 Å². The Morgan fingerprint density at radius 1 is 0.514 bits per heavy atom. The van der Waals surface area contributed by atoms with E-state index in [9.17, 15) is 0 Å². The first-order valence-electron chi connectivity index (χ1n) is 12.0. The molecule has 0 saturated heterocycles. The highest BCUT2D eigenvalue weighted by Gasteiger charge is 2.41. The van der Waals surface area contributed by atoms with Gasteiger partial charge in [-0.2, -0.15) is 0 Å². The molecule has 0 atom stereocenters. The van der Waals surface area contributed by atoms with E-state index in [1.54, 1.807) is 0 Å². The van der Waals surface area contributed by atoms with Crippen molar-refractivity contribution < 1.29 is 9.47 Å². The summed E-state index contributed by atoms with van der Waals surface area (Å²) in [5.74, 6) is 3.55. The third-order valence-corrected chi connectivity index (χ3v) is 7.40. The number of hydrogen-bond donors (Lipinski definition) is 0. The zero-order valence-electron chi connectivity index (χ0n) is 18.9. The van der Waals surface area contributed by atoms with Crippen molar-refractivity contribution in [2.75, 3.05) is 4.90 Å². The first-order valence-corrected chi connectivity index (χ1v) is 12.0. The van der Waals surface area contributed by atoms with E-state index >= 15 is 0 Å². The lowest BCUT2D eigenvalue weighted by molar-refractivity contribution is 0.465. The number of anilines is 3. The minimum Gasteiger partial charge on any atom is -0.458 e. The Morgan fingerprint density at radius 2 is 1.09 bits per heavy atom. The number of hydrogen-bond acceptors (Lipinski definition) is 3. The molecule has 0 bridgehead atoms. The molecule has 5 aromatic carbocycles. The van der Waals surface area contributed by atoms with Crippen molar-refractivity contribution in [3.05, 3.63) is 120 Å². The standard InChI is InChI=1S/C31H20BNO2/c1-4-13-24-20(9-1)19-21-10-2-5-14-25(21)33(24)26-15-7-12-23-31(26)35-29-18-8-17-28-30(29)32(23)22-11-3-6-16-27(22)34-28/h1-18H,19H2. The Kier molecular flexibility index (Phi) is 3.80. The van der Waals surface area contributed by atoms with Gasteiger partial charge in [-0.05, 0) is 58.5 Å². The van der Waals surface area contributed by atoms with E-state index in [0.717, 1.165) is 40.6 Å². The highest BCUT2D eigenvalue weighted by Crippen LogP contribution is 2.48. The van der Waals surface area contributed by atoms with Gasteiger partial charge in [0.25, 0.3) is 6.71 Å². The van der Waals surface area contributed by atoms with Crippen LogP contribution in [-0.4, -0.2) is 6.71 Å². The van der Waals surface area contributed by atoms with E-state index < -0.39 is 0 Å². The van der Waals surface area contributed by atoms with Gasteiger partial charge in [0.2, 0.25) is 0 Å². The molecule has 0 N–H and O–H groups in total. The summed E-state index contributed by atoms with van der Waals surface area (Å²) in [6.07, 6.45) is 0.929. The molecule has 3 nitrogen and oxygen atoms in total. The van der Waals surface area contributed by atoms with Crippen molar-refractivity contribution in [1.82, 2.24) is 0 Å². The van der Waals surface area contributed by atoms with Crippen LogP contribution in [0.5, 0.6) is 23.0 Å². The molecule has 0 aliphatic carbocycles. The molecule has 3 aliphatic heterocycles. The Hall–Kier alpha value is -4.44. The average Bonchev–Trinajstić information content (AvgIpc) is 2.91. The molecule has 164 valence electrons. The zero-order chi connectivity index (χ0) is 22.9. The van der Waals surface area contributed by atoms with Gasteiger partial charge in [-0.15, -0.1) is 0 Å². The fraction of sp³-hybridized carbons (Fsp3) is 0.0323. The van der Waals surface area contributed by atoms with Crippen LogP contribution in [0.15, 0.2) is 109 Å². The lowest BCUT2D eigenvalue weighted by Gasteiger charge is -2.38. The Balaban J connectivity index is 1.40. The minimum absolute atomic E-state index is 0.0603. The summed E-state index contributed by atoms with van der Waals surface area (Å²) in [4.78, 5) is 2.37. The highest BCUT2D eigenvalue weighted by molar-refractivity contribution is 6.98. The van der Waals surface area contributed by atoms with Crippen LogP contribution in [0.25, 0.3) is 0 Å². The van der Waals surface area contributed by atoms with Gasteiger partial charge in [0.1, 0.15) is 23.0 Å². The van der Waals surface area contributed by atoms with Crippen LogP contribution in [0.1, 0.15) is 11.1 Å². The smallest absolute Gasteiger partial charge is 0.260 e. The van der Waals surface area contributed by atoms with E-state index in [-0.39, 0.29) is 6.71 Å². The van der Waals surface area contributed by atoms with Crippen LogP contribution in [0.4, 0.5) is 17.1 Å². The largest absolute Gasteiger partial charge is 0.458 e. The molecule has 5 aromatic rings. The molecule has 0 unspecified atom stereocenters. The van der Waals surface area contributed by atoms with E-state index in [1.807, 2.05) is 18.2 Å². The topological polar surface area (TPSA) is 21.7 Å². The summed E-state index contributed by atoms with van der Waals surface area (Å²) in [5, 5.41) is 0. The SMILES string of the molecule is c1ccc2c(c1)Cc1ccccc1N2c1cccc2c1Oc1cccc3c1B2c1ccccc1O3. The van der Waals surface area contributed by atoms with Gasteiger partial charge in [-0.25, -0.2) is 0 Å². The van der Waals surface area contributed by atoms with Crippen LogP contribution >= 0.6 is 0 Å². The Morgan fingerprint density at radius 3 is 1.89 bits per heavy atom. The monoisotopic (exact) mass is 449 g/mol. The van der Waals surface area contributed by atoms with E-state index in [4.69, 9.17) is 9.47 Å². The Bertz CT molecular complexity index is 1610. The maximum absolute atomic E-state index is 6.73. The molecule has 35 heavy (non-hydrogen) atoms. The number of ether oxygens (including phenoxy) is 2. The fourth-order valence-corrected chi connectivity index (χ4v) is 5.91. The molecular formula is C31H20BNO2. The summed E-state index contributed by atoms with van der Waals surface area (Å²) < 4.78 is 13.0. The maximum atomic E-state index is 6.73. The van der Waals surface area contributed by atoms with Crippen LogP contribution in [0, 0.1) is 0 Å². The van der Waals surface area contributed by atoms with Gasteiger partial charge in [-0.1, -0.05) is 72.8 Å². The van der Waals surface area contributed by atoms with Gasteiger partial charge in [-0.3, -0.25) is 0 Å². The van der Waals surface area contributed by atoms with E-state index in [2.05, 4.69) is 95.9 Å². The summed E-state index contributed by atoms with van der Waals surface area (Å²) in [5.41, 5.74) is 9.55. The molecule has 3 aliphatic rings. The molecule has 3 heterocycles. The molecule has 4 heteroatoms. The van der Waals surface area contributed by atoms with E-state index in [0.29, 0.717) is 0 Å². The first-order chi connectivity index (χ1) is 17.4. The van der Waals surface area contributed by atoms with Crippen molar-refractivity contribution >= 4 is 40.2 Å². The second-order valence-electron chi connectivity index (χ2n) is 9.31. The summed E-state index contributed by atoms with van der Waals surface area (Å²) >= 11 is 0. The van der Waals surface area contributed by atoms with Crippen LogP contribution in [0.3, 0.4) is 0 Å². The zero-order valence-corrected chi connectivity index (χ0v) is 18.9. The first kappa shape index (κ1) is 18.9. The molecule has 0 amide bonds. The molecule has 0 saturated carbocycles. The van der Waals surface area contributed by atoms with Crippen molar-refractivity contribution in [3.63, 3.8) is 0 Å². The van der Waals surface area contributed by atoms with Crippen LogP contribution in [-0.2, 0) is 6.42 Å². The predicted octanol–water partition coefficient (Wildman–Crippen LogP) is 5.79. The number of nitrogens with zero attached hydrogens (tertiary/aromatic N) is 1. The Labute approximate surface area is 204 Å². The number of fused-ring (bicyclic) bond motifs is 6. The van der Waals surface area contributed by atoms with Crippen LogP contribution < -0.4 is 30.8 Å². The second-order valence-corrected chi connectivity index (χ2v) is 9.31. The van der Waals surface area contributed by atoms with Gasteiger partial charge in [0.05, 0.1) is 5.69 Å². The predicted molar refractivity (Wildman–Crippen MR) is 142 cm³/mol. The van der Waals surface area contributed by atoms with Gasteiger partial charge < -0.3 is 14.4 Å². The normalized spacial score (nSPS) is 13.9. The fourth-order valence-electron chi connectivity index (χ4n) is 5.91. The number of para-hydroxylation sites is 4. The number of benzene rings is 5. The quantitative estimate of drug-likeness (QED) is 0.296. The van der Waals surface area contributed by atoms with Crippen molar-refractivity contribution in [3.8, 4) is 23.0 Å². The lowest BCUT2D eigenvalue weighted by Crippen LogP contribution is -2.57. The molecular weight excluding hydrogens is 429 g/mol. The maximum Gasteiger partial charge on any atom is 0.260 e. The third kappa shape index (κ3) is 2.62. The van der Waals surface area contributed by atoms with Crippen molar-refractivity contribution in [1.29, 1.82) is 0 Å². The summed E-state index contributed by atoms with van der Waals surface area (Å²) in [7, 11) is 0. The number of rotatable bonds is 1. The van der Waals surface area contributed by atoms with Gasteiger partial charge in [0.15, 0.2) is 0 Å². The van der Waals surface area contributed by atoms with Crippen LogP contribution in [0.2, 0.25) is 0 Å². The molecule has 0 aromatic heterocycles. The highest BCUT2D eigenvalue weighted by atomic mass is 16.5. The molecule has 8 rings (SSSR count). The summed E-state index contributed by atoms with van der Waals surface area (Å²) in [6.45, 7) is 0.0603. The van der Waals surface area contributed by atoms with Crippen molar-refractivity contribution in [2.45, 2.75) is 6.42 Å². The van der Waals surface area contributed by atoms with Crippen molar-refractivity contribution in [2.24, 2.45) is 0 Å². The third-order valence-electron chi connectivity index (χ3n) is 7.40. The molecule has 0 spiro atoms. The molecule has 0 fully saturated rings. The summed E-state index contributed by atoms with van der Waals surface area (Å²) in [6, 6.07) is 38.4. The second kappa shape index (κ2) is 7.03. The average molecular weight is 449 g/mol. The van der Waals surface area contributed by atoms with Gasteiger partial charge in [0, 0.05) is 23.3 Å².